The summed E-state index contributed by atoms with van der Waals surface area (Å²) in [6, 6.07) is 10.6. The molecule has 0 spiro atoms. The molecule has 0 aliphatic rings. The summed E-state index contributed by atoms with van der Waals surface area (Å²) in [5.74, 6) is 0. The van der Waals surface area contributed by atoms with Crippen LogP contribution in [0.2, 0.25) is 0 Å². The monoisotopic (exact) mass is 261 g/mol. The summed E-state index contributed by atoms with van der Waals surface area (Å²) in [5.41, 5.74) is 1.37. The minimum Gasteiger partial charge on any atom is -0.726 e. The van der Waals surface area contributed by atoms with Gasteiger partial charge in [0.25, 0.3) is 0 Å². The zero-order valence-electron chi connectivity index (χ0n) is 10.6. The van der Waals surface area contributed by atoms with Gasteiger partial charge in [0.1, 0.15) is 5.69 Å². The summed E-state index contributed by atoms with van der Waals surface area (Å²) in [7, 11) is 0.831. The van der Waals surface area contributed by atoms with Crippen molar-refractivity contribution in [2.45, 2.75) is 6.92 Å². The third-order valence-corrected chi connectivity index (χ3v) is 2.86. The lowest BCUT2D eigenvalue weighted by atomic mass is 10.2. The van der Waals surface area contributed by atoms with Crippen molar-refractivity contribution < 1.29 is 17.2 Å². The largest absolute Gasteiger partial charge is 0.726 e. The third-order valence-electron chi connectivity index (χ3n) is 2.45. The van der Waals surface area contributed by atoms with Gasteiger partial charge in [-0.15, -0.1) is 0 Å². The predicted molar refractivity (Wildman–Crippen MR) is 67.3 cm³/mol. The van der Waals surface area contributed by atoms with Gasteiger partial charge in [0, 0.05) is 0 Å². The highest BCUT2D eigenvalue weighted by atomic mass is 32.3. The van der Waals surface area contributed by atoms with Gasteiger partial charge >= 0.3 is 0 Å². The third kappa shape index (κ3) is 7.06. The van der Waals surface area contributed by atoms with Gasteiger partial charge in [-0.2, -0.15) is 0 Å². The normalized spacial score (nSPS) is 11.6. The average molecular weight is 261 g/mol. The van der Waals surface area contributed by atoms with Crippen LogP contribution in [-0.2, 0) is 14.6 Å². The molecule has 17 heavy (non-hydrogen) atoms. The summed E-state index contributed by atoms with van der Waals surface area (Å²) >= 11 is 0. The lowest BCUT2D eigenvalue weighted by Gasteiger charge is -2.27. The minimum absolute atomic E-state index is 0.808. The molecule has 1 aromatic carbocycles. The molecule has 1 aromatic rings. The maximum atomic E-state index is 9.22. The summed E-state index contributed by atoms with van der Waals surface area (Å²) < 4.78 is 32.0. The Morgan fingerprint density at radius 3 is 1.94 bits per heavy atom. The van der Waals surface area contributed by atoms with Crippen molar-refractivity contribution in [2.24, 2.45) is 0 Å². The molecule has 0 aliphatic carbocycles. The molecule has 0 atom stereocenters. The number of rotatable bonds is 3. The molecule has 0 saturated heterocycles. The van der Waals surface area contributed by atoms with Gasteiger partial charge in [0.05, 0.1) is 27.7 Å². The average Bonchev–Trinajstić information content (AvgIpc) is 2.30. The van der Waals surface area contributed by atoms with Crippen molar-refractivity contribution in [2.75, 3.05) is 27.7 Å². The van der Waals surface area contributed by atoms with Gasteiger partial charge < -0.3 is 4.55 Å². The van der Waals surface area contributed by atoms with Gasteiger partial charge in [0.2, 0.25) is 10.4 Å². The molecular formula is C11H19NO4S. The molecule has 0 fully saturated rings. The van der Waals surface area contributed by atoms with E-state index in [-0.39, 0.29) is 0 Å². The highest BCUT2D eigenvalue weighted by Crippen LogP contribution is 2.16. The van der Waals surface area contributed by atoms with Crippen LogP contribution in [0.4, 0.5) is 5.69 Å². The van der Waals surface area contributed by atoms with Crippen LogP contribution in [0.5, 0.6) is 0 Å². The molecule has 1 rings (SSSR count). The van der Waals surface area contributed by atoms with Crippen LogP contribution in [0.25, 0.3) is 0 Å². The van der Waals surface area contributed by atoms with E-state index in [9.17, 15) is 13.0 Å². The first-order valence-electron chi connectivity index (χ1n) is 5.13. The maximum absolute atomic E-state index is 9.22. The van der Waals surface area contributed by atoms with E-state index < -0.39 is 10.4 Å². The molecule has 6 heteroatoms. The van der Waals surface area contributed by atoms with E-state index in [1.165, 1.54) is 5.69 Å². The highest BCUT2D eigenvalue weighted by Gasteiger charge is 2.13. The fourth-order valence-corrected chi connectivity index (χ4v) is 1.01. The van der Waals surface area contributed by atoms with Crippen LogP contribution in [0.1, 0.15) is 6.92 Å². The molecule has 5 nitrogen and oxygen atoms in total. The van der Waals surface area contributed by atoms with Crippen LogP contribution in [-0.4, -0.2) is 40.7 Å². The van der Waals surface area contributed by atoms with Gasteiger partial charge in [-0.25, -0.2) is 8.42 Å². The summed E-state index contributed by atoms with van der Waals surface area (Å²) in [6.07, 6.45) is 0. The van der Waals surface area contributed by atoms with E-state index in [1.54, 1.807) is 0 Å². The van der Waals surface area contributed by atoms with E-state index in [2.05, 4.69) is 55.5 Å². The molecular weight excluding hydrogens is 242 g/mol. The number of para-hydroxylation sites is 1. The minimum atomic E-state index is -4.41. The van der Waals surface area contributed by atoms with Gasteiger partial charge in [-0.3, -0.25) is 8.67 Å². The molecule has 0 radical (unpaired) electrons. The Balaban J connectivity index is 0.000000366. The molecule has 0 N–H and O–H groups in total. The van der Waals surface area contributed by atoms with Crippen molar-refractivity contribution in [3.05, 3.63) is 30.3 Å². The SMILES string of the molecule is CC[N+](C)(C)c1ccccc1.COS(=O)(=O)[O-]. The van der Waals surface area contributed by atoms with Crippen molar-refractivity contribution >= 4 is 16.1 Å². The topological polar surface area (TPSA) is 66.4 Å². The van der Waals surface area contributed by atoms with E-state index in [0.29, 0.717) is 0 Å². The first-order valence-corrected chi connectivity index (χ1v) is 6.46. The number of hydrogen-bond donors (Lipinski definition) is 0. The number of quaternary nitrogens is 1. The van der Waals surface area contributed by atoms with Crippen LogP contribution in [0.3, 0.4) is 0 Å². The molecule has 98 valence electrons. The van der Waals surface area contributed by atoms with Crippen molar-refractivity contribution in [1.82, 2.24) is 4.48 Å². The smallest absolute Gasteiger partial charge is 0.217 e. The Kier molecular flexibility index (Phi) is 6.33. The fraction of sp³-hybridized carbons (Fsp3) is 0.455. The van der Waals surface area contributed by atoms with E-state index in [4.69, 9.17) is 0 Å². The Labute approximate surface area is 103 Å². The first-order chi connectivity index (χ1) is 7.73. The van der Waals surface area contributed by atoms with Crippen molar-refractivity contribution in [3.63, 3.8) is 0 Å². The second kappa shape index (κ2) is 6.70. The first kappa shape index (κ1) is 16.1. The molecule has 0 unspecified atom stereocenters. The summed E-state index contributed by atoms with van der Waals surface area (Å²) in [6.45, 7) is 3.33. The molecule has 0 saturated carbocycles. The maximum Gasteiger partial charge on any atom is 0.217 e. The zero-order chi connectivity index (χ0) is 13.5. The van der Waals surface area contributed by atoms with E-state index in [1.807, 2.05) is 0 Å². The van der Waals surface area contributed by atoms with Gasteiger partial charge in [0.15, 0.2) is 0 Å². The van der Waals surface area contributed by atoms with E-state index >= 15 is 0 Å². The summed E-state index contributed by atoms with van der Waals surface area (Å²) in [5, 5.41) is 0. The Morgan fingerprint density at radius 2 is 1.65 bits per heavy atom. The van der Waals surface area contributed by atoms with Gasteiger partial charge in [-0.1, -0.05) is 18.2 Å². The number of hydrogen-bond acceptors (Lipinski definition) is 4. The Hall–Kier alpha value is -0.950. The van der Waals surface area contributed by atoms with Gasteiger partial charge in [-0.05, 0) is 19.1 Å². The van der Waals surface area contributed by atoms with Crippen LogP contribution >= 0.6 is 0 Å². The Bertz CT molecular complexity index is 414. The number of benzene rings is 1. The van der Waals surface area contributed by atoms with Crippen molar-refractivity contribution in [1.29, 1.82) is 0 Å². The molecule has 0 aromatic heterocycles. The van der Waals surface area contributed by atoms with E-state index in [0.717, 1.165) is 18.1 Å². The zero-order valence-corrected chi connectivity index (χ0v) is 11.4. The quantitative estimate of drug-likeness (QED) is 0.468. The molecule has 0 bridgehead atoms. The van der Waals surface area contributed by atoms with Crippen LogP contribution < -0.4 is 4.48 Å². The molecule has 0 amide bonds. The molecule has 0 aliphatic heterocycles. The fourth-order valence-electron chi connectivity index (χ4n) is 1.01. The predicted octanol–water partition coefficient (Wildman–Crippen LogP) is 1.37. The standard InChI is InChI=1S/C10H16N.CH4O4S/c1-4-11(2,3)10-8-6-5-7-9-10;1-5-6(2,3)4/h5-9H,4H2,1-3H3;1H3,(H,2,3,4)/q+1;/p-1. The summed E-state index contributed by atoms with van der Waals surface area (Å²) in [4.78, 5) is 0. The van der Waals surface area contributed by atoms with Crippen molar-refractivity contribution in [3.8, 4) is 0 Å². The molecule has 0 heterocycles. The number of nitrogens with zero attached hydrogens (tertiary/aromatic N) is 1. The van der Waals surface area contributed by atoms with Crippen LogP contribution in [0, 0.1) is 0 Å². The highest BCUT2D eigenvalue weighted by molar-refractivity contribution is 7.80. The second-order valence-corrected chi connectivity index (χ2v) is 5.06. The lowest BCUT2D eigenvalue weighted by molar-refractivity contribution is 0.314. The van der Waals surface area contributed by atoms with Crippen LogP contribution in [0.15, 0.2) is 30.3 Å². The second-order valence-electron chi connectivity index (χ2n) is 3.91. The lowest BCUT2D eigenvalue weighted by Crippen LogP contribution is -2.39. The Morgan fingerprint density at radius 1 is 1.24 bits per heavy atom.